The average molecular weight is 199 g/mol. The molecule has 0 radical (unpaired) electrons. The number of thioether (sulfide) groups is 1. The van der Waals surface area contributed by atoms with Gasteiger partial charge < -0.3 is 9.84 Å². The van der Waals surface area contributed by atoms with Crippen molar-refractivity contribution in [2.24, 2.45) is 0 Å². The third kappa shape index (κ3) is 1.96. The first kappa shape index (κ1) is 8.87. The lowest BCUT2D eigenvalue weighted by Crippen LogP contribution is -2.03. The van der Waals surface area contributed by atoms with Gasteiger partial charge in [0.15, 0.2) is 5.82 Å². The summed E-state index contributed by atoms with van der Waals surface area (Å²) in [6.45, 7) is 0. The fourth-order valence-corrected chi connectivity index (χ4v) is 2.64. The minimum absolute atomic E-state index is 0.444. The minimum atomic E-state index is 0.444. The topological polar surface area (TPSA) is 51.0 Å². The van der Waals surface area contributed by atoms with Crippen molar-refractivity contribution in [3.63, 3.8) is 0 Å². The normalized spacial score (nSPS) is 23.0. The highest BCUT2D eigenvalue weighted by molar-refractivity contribution is 7.99. The molecule has 1 aromatic heterocycles. The van der Waals surface area contributed by atoms with E-state index in [1.807, 2.05) is 11.8 Å². The van der Waals surface area contributed by atoms with Crippen molar-refractivity contribution >= 4 is 17.8 Å². The smallest absolute Gasteiger partial charge is 0.321 e. The van der Waals surface area contributed by atoms with E-state index in [1.165, 1.54) is 25.0 Å². The maximum absolute atomic E-state index is 4.98. The average Bonchev–Trinajstić information content (AvgIpc) is 2.67. The van der Waals surface area contributed by atoms with E-state index in [4.69, 9.17) is 4.52 Å². The lowest BCUT2D eigenvalue weighted by atomic mass is 10.2. The van der Waals surface area contributed by atoms with Crippen LogP contribution < -0.4 is 5.32 Å². The summed E-state index contributed by atoms with van der Waals surface area (Å²) in [5.41, 5.74) is 0. The standard InChI is InChI=1S/C8H13N3OS/c1-9-8-10-7(11-12-8)6-4-2-3-5-13-6/h6H,2-5H2,1H3,(H,9,10,11). The molecule has 4 nitrogen and oxygen atoms in total. The van der Waals surface area contributed by atoms with Crippen LogP contribution in [0.3, 0.4) is 0 Å². The molecule has 0 saturated carbocycles. The number of hydrogen-bond acceptors (Lipinski definition) is 5. The van der Waals surface area contributed by atoms with Crippen LogP contribution in [-0.4, -0.2) is 22.9 Å². The van der Waals surface area contributed by atoms with E-state index < -0.39 is 0 Å². The van der Waals surface area contributed by atoms with E-state index in [0.29, 0.717) is 11.3 Å². The second-order valence-electron chi connectivity index (χ2n) is 3.06. The molecule has 1 aromatic rings. The molecule has 2 rings (SSSR count). The van der Waals surface area contributed by atoms with Gasteiger partial charge in [-0.1, -0.05) is 11.6 Å². The summed E-state index contributed by atoms with van der Waals surface area (Å²) in [5.74, 6) is 2.06. The molecule has 13 heavy (non-hydrogen) atoms. The third-order valence-electron chi connectivity index (χ3n) is 2.12. The Balaban J connectivity index is 2.05. The van der Waals surface area contributed by atoms with E-state index in [0.717, 1.165) is 5.82 Å². The predicted molar refractivity (Wildman–Crippen MR) is 52.9 cm³/mol. The summed E-state index contributed by atoms with van der Waals surface area (Å²) >= 11 is 1.93. The van der Waals surface area contributed by atoms with Gasteiger partial charge in [-0.05, 0) is 18.6 Å². The molecule has 1 fully saturated rings. The van der Waals surface area contributed by atoms with E-state index in [-0.39, 0.29) is 0 Å². The highest BCUT2D eigenvalue weighted by Gasteiger charge is 2.20. The van der Waals surface area contributed by atoms with Gasteiger partial charge in [-0.15, -0.1) is 0 Å². The molecule has 1 unspecified atom stereocenters. The molecule has 2 heterocycles. The van der Waals surface area contributed by atoms with Crippen LogP contribution in [0.2, 0.25) is 0 Å². The summed E-state index contributed by atoms with van der Waals surface area (Å²) in [6, 6.07) is 0.515. The van der Waals surface area contributed by atoms with Crippen LogP contribution in [0, 0.1) is 0 Å². The van der Waals surface area contributed by atoms with Crippen molar-refractivity contribution in [1.82, 2.24) is 10.1 Å². The molecule has 0 amide bonds. The van der Waals surface area contributed by atoms with Gasteiger partial charge in [-0.25, -0.2) is 0 Å². The van der Waals surface area contributed by atoms with Crippen molar-refractivity contribution in [3.05, 3.63) is 5.82 Å². The van der Waals surface area contributed by atoms with Gasteiger partial charge in [0.2, 0.25) is 0 Å². The first-order valence-corrected chi connectivity index (χ1v) is 5.58. The zero-order valence-corrected chi connectivity index (χ0v) is 8.43. The van der Waals surface area contributed by atoms with E-state index >= 15 is 0 Å². The SMILES string of the molecule is CNc1nc(C2CCCCS2)no1. The quantitative estimate of drug-likeness (QED) is 0.790. The van der Waals surface area contributed by atoms with Crippen LogP contribution in [0.4, 0.5) is 6.01 Å². The van der Waals surface area contributed by atoms with Crippen LogP contribution in [0.25, 0.3) is 0 Å². The lowest BCUT2D eigenvalue weighted by Gasteiger charge is -2.17. The van der Waals surface area contributed by atoms with Gasteiger partial charge in [0, 0.05) is 7.05 Å². The number of nitrogens with zero attached hydrogens (tertiary/aromatic N) is 2. The zero-order chi connectivity index (χ0) is 9.10. The Kier molecular flexibility index (Phi) is 2.73. The Morgan fingerprint density at radius 2 is 2.46 bits per heavy atom. The molecule has 0 spiro atoms. The molecular formula is C8H13N3OS. The fourth-order valence-electron chi connectivity index (χ4n) is 1.41. The molecule has 1 saturated heterocycles. The van der Waals surface area contributed by atoms with E-state index in [1.54, 1.807) is 7.05 Å². The van der Waals surface area contributed by atoms with E-state index in [2.05, 4.69) is 15.5 Å². The third-order valence-corrected chi connectivity index (χ3v) is 3.50. The van der Waals surface area contributed by atoms with Gasteiger partial charge in [0.05, 0.1) is 5.25 Å². The Morgan fingerprint density at radius 3 is 3.08 bits per heavy atom. The number of rotatable bonds is 2. The lowest BCUT2D eigenvalue weighted by molar-refractivity contribution is 0.421. The second kappa shape index (κ2) is 4.00. The maximum Gasteiger partial charge on any atom is 0.321 e. The van der Waals surface area contributed by atoms with Crippen LogP contribution >= 0.6 is 11.8 Å². The van der Waals surface area contributed by atoms with Gasteiger partial charge in [0.1, 0.15) is 0 Å². The summed E-state index contributed by atoms with van der Waals surface area (Å²) < 4.78 is 4.98. The van der Waals surface area contributed by atoms with E-state index in [9.17, 15) is 0 Å². The zero-order valence-electron chi connectivity index (χ0n) is 7.62. The fraction of sp³-hybridized carbons (Fsp3) is 0.750. The Labute approximate surface area is 81.5 Å². The van der Waals surface area contributed by atoms with Gasteiger partial charge in [-0.3, -0.25) is 0 Å². The number of anilines is 1. The van der Waals surface area contributed by atoms with Crippen LogP contribution in [0.1, 0.15) is 30.3 Å². The number of aromatic nitrogens is 2. The molecule has 0 aliphatic carbocycles. The Morgan fingerprint density at radius 1 is 1.54 bits per heavy atom. The first-order valence-electron chi connectivity index (χ1n) is 4.53. The molecule has 1 N–H and O–H groups in total. The van der Waals surface area contributed by atoms with Crippen molar-refractivity contribution in [3.8, 4) is 0 Å². The molecule has 5 heteroatoms. The Hall–Kier alpha value is -0.710. The number of nitrogens with one attached hydrogen (secondary N) is 1. The predicted octanol–water partition coefficient (Wildman–Crippen LogP) is 2.07. The molecule has 72 valence electrons. The van der Waals surface area contributed by atoms with Crippen LogP contribution in [-0.2, 0) is 0 Å². The van der Waals surface area contributed by atoms with Crippen LogP contribution in [0.15, 0.2) is 4.52 Å². The molecular weight excluding hydrogens is 186 g/mol. The van der Waals surface area contributed by atoms with Gasteiger partial charge in [-0.2, -0.15) is 16.7 Å². The molecule has 0 bridgehead atoms. The maximum atomic E-state index is 4.98. The number of hydrogen-bond donors (Lipinski definition) is 1. The largest absolute Gasteiger partial charge is 0.341 e. The summed E-state index contributed by atoms with van der Waals surface area (Å²) in [5, 5.41) is 7.22. The first-order chi connectivity index (χ1) is 6.40. The summed E-state index contributed by atoms with van der Waals surface area (Å²) in [6.07, 6.45) is 3.77. The van der Waals surface area contributed by atoms with Crippen LogP contribution in [0.5, 0.6) is 0 Å². The minimum Gasteiger partial charge on any atom is -0.341 e. The summed E-state index contributed by atoms with van der Waals surface area (Å²) in [7, 11) is 1.78. The van der Waals surface area contributed by atoms with Crippen molar-refractivity contribution in [1.29, 1.82) is 0 Å². The second-order valence-corrected chi connectivity index (χ2v) is 4.37. The Bertz CT molecular complexity index is 270. The van der Waals surface area contributed by atoms with Crippen molar-refractivity contribution < 1.29 is 4.52 Å². The highest BCUT2D eigenvalue weighted by Crippen LogP contribution is 2.36. The molecule has 0 aromatic carbocycles. The molecule has 1 atom stereocenters. The summed E-state index contributed by atoms with van der Waals surface area (Å²) in [4.78, 5) is 4.24. The molecule has 1 aliphatic heterocycles. The van der Waals surface area contributed by atoms with Gasteiger partial charge in [0.25, 0.3) is 0 Å². The molecule has 1 aliphatic rings. The van der Waals surface area contributed by atoms with Crippen molar-refractivity contribution in [2.45, 2.75) is 24.5 Å². The van der Waals surface area contributed by atoms with Crippen molar-refractivity contribution in [2.75, 3.05) is 18.1 Å². The highest BCUT2D eigenvalue weighted by atomic mass is 32.2. The van der Waals surface area contributed by atoms with Gasteiger partial charge >= 0.3 is 6.01 Å². The monoisotopic (exact) mass is 199 g/mol.